The number of hydrogen-bond donors (Lipinski definition) is 1. The van der Waals surface area contributed by atoms with Crippen LogP contribution in [0.1, 0.15) is 5.56 Å². The van der Waals surface area contributed by atoms with E-state index in [1.807, 2.05) is 30.3 Å². The number of rotatable bonds is 1. The first-order valence-electron chi connectivity index (χ1n) is 3.69. The van der Waals surface area contributed by atoms with E-state index in [1.54, 1.807) is 0 Å². The van der Waals surface area contributed by atoms with Crippen molar-refractivity contribution in [3.05, 3.63) is 69.1 Å². The molecule has 1 aromatic rings. The van der Waals surface area contributed by atoms with Gasteiger partial charge in [0.1, 0.15) is 0 Å². The average Bonchev–Trinajstić information content (AvgIpc) is 2.57. The normalized spacial score (nSPS) is 4.37. The maximum Gasteiger partial charge on any atom is 0 e. The van der Waals surface area contributed by atoms with Gasteiger partial charge < -0.3 is 5.73 Å². The van der Waals surface area contributed by atoms with Crippen LogP contribution in [-0.4, -0.2) is 0 Å². The summed E-state index contributed by atoms with van der Waals surface area (Å²) in [5.74, 6) is 0. The molecule has 0 aliphatic rings. The Balaban J connectivity index is -0.0000000332. The Morgan fingerprint density at radius 3 is 1.11 bits per heavy atom. The van der Waals surface area contributed by atoms with Crippen molar-refractivity contribution in [1.82, 2.24) is 0 Å². The fraction of sp³-hybridized carbons (Fsp3) is 0.0833. The topological polar surface area (TPSA) is 126 Å². The quantitative estimate of drug-likeness (QED) is 0.516. The minimum atomic E-state index is 0. The second kappa shape index (κ2) is 70.1. The van der Waals surface area contributed by atoms with E-state index >= 15 is 0 Å². The third kappa shape index (κ3) is 47.9. The van der Waals surface area contributed by atoms with Crippen molar-refractivity contribution >= 4 is 0 Å². The predicted octanol–water partition coefficient (Wildman–Crippen LogP) is 0.955. The monoisotopic (exact) mass is 431 g/mol. The van der Waals surface area contributed by atoms with Crippen LogP contribution in [0, 0.1) is 33.3 Å². The van der Waals surface area contributed by atoms with Gasteiger partial charge in [0.05, 0.1) is 0 Å². The van der Waals surface area contributed by atoms with E-state index < -0.39 is 0 Å². The summed E-state index contributed by atoms with van der Waals surface area (Å²) in [5, 5.41) is 0. The van der Waals surface area contributed by atoms with Crippen molar-refractivity contribution < 1.29 is 44.3 Å². The minimum Gasteiger partial charge on any atom is 0 e. The number of nitrogens with two attached hydrogens (primary N) is 1. The molecule has 0 atom stereocenters. The summed E-state index contributed by atoms with van der Waals surface area (Å²) in [6, 6.07) is 9.99. The summed E-state index contributed by atoms with van der Waals surface area (Å²) < 4.78 is 37.5. The molecule has 2 N–H and O–H groups in total. The van der Waals surface area contributed by atoms with Gasteiger partial charge in [0.2, 0.25) is 0 Å². The summed E-state index contributed by atoms with van der Waals surface area (Å²) in [5.41, 5.74) is 6.54. The van der Waals surface area contributed by atoms with E-state index in [0.29, 0.717) is 6.54 Å². The first-order chi connectivity index (χ1) is 8.93. The second-order valence-electron chi connectivity index (χ2n) is 1.69. The van der Waals surface area contributed by atoms with E-state index in [0.717, 1.165) is 0 Å². The number of benzene rings is 1. The zero-order valence-corrected chi connectivity index (χ0v) is 12.6. The second-order valence-corrected chi connectivity index (χ2v) is 1.69. The molecule has 0 saturated heterocycles. The maximum atomic E-state index is 7.50. The molecule has 19 heavy (non-hydrogen) atoms. The Kier molecular flexibility index (Phi) is 133. The summed E-state index contributed by atoms with van der Waals surface area (Å²) >= 11 is 0. The Bertz CT molecular complexity index is 295. The van der Waals surface area contributed by atoms with Crippen LogP contribution in [-0.2, 0) is 50.9 Å². The molecule has 0 amide bonds. The van der Waals surface area contributed by atoms with Crippen LogP contribution in [0.5, 0.6) is 0 Å². The summed E-state index contributed by atoms with van der Waals surface area (Å²) in [7, 11) is 0. The molecule has 7 heteroatoms. The molecule has 0 heterocycles. The van der Waals surface area contributed by atoms with E-state index in [1.165, 1.54) is 5.56 Å². The van der Waals surface area contributed by atoms with Crippen LogP contribution in [0.15, 0.2) is 30.3 Å². The third-order valence-electron chi connectivity index (χ3n) is 1.08. The van der Waals surface area contributed by atoms with Gasteiger partial charge in [0.15, 0.2) is 0 Å². The Labute approximate surface area is 126 Å². The molecule has 0 bridgehead atoms. The molecule has 0 radical (unpaired) electrons. The van der Waals surface area contributed by atoms with E-state index in [9.17, 15) is 0 Å². The Morgan fingerprint density at radius 1 is 0.684 bits per heavy atom. The fourth-order valence-corrected chi connectivity index (χ4v) is 0.614. The molecular weight excluding hydrogens is 422 g/mol. The molecular formula is C12H9NO5W. The van der Waals surface area contributed by atoms with Gasteiger partial charge in [-0.25, -0.2) is 0 Å². The van der Waals surface area contributed by atoms with Gasteiger partial charge in [-0.15, -0.1) is 0 Å². The van der Waals surface area contributed by atoms with Crippen LogP contribution in [0.3, 0.4) is 0 Å². The first-order valence-corrected chi connectivity index (χ1v) is 3.69. The van der Waals surface area contributed by atoms with E-state index in [-0.39, 0.29) is 21.1 Å². The summed E-state index contributed by atoms with van der Waals surface area (Å²) in [6.45, 7) is 23.1. The van der Waals surface area contributed by atoms with Gasteiger partial charge in [-0.05, 0) is 5.56 Å². The summed E-state index contributed by atoms with van der Waals surface area (Å²) in [4.78, 5) is 0. The molecule has 0 aliphatic carbocycles. The van der Waals surface area contributed by atoms with Gasteiger partial charge in [-0.3, -0.25) is 0 Å². The van der Waals surface area contributed by atoms with Gasteiger partial charge in [0, 0.05) is 27.6 Å². The molecule has 6 nitrogen and oxygen atoms in total. The van der Waals surface area contributed by atoms with Crippen molar-refractivity contribution in [3.63, 3.8) is 0 Å². The fourth-order valence-electron chi connectivity index (χ4n) is 0.614. The van der Waals surface area contributed by atoms with Crippen molar-refractivity contribution in [1.29, 1.82) is 0 Å². The molecule has 0 aromatic heterocycles. The Morgan fingerprint density at radius 2 is 0.947 bits per heavy atom. The molecule has 0 aliphatic heterocycles. The standard InChI is InChI=1S/C7H9N.5CO.W/c8-6-7-4-2-1-3-5-7;5*1-2;/h1-5H,6,8H2;;;;;;. The molecule has 0 fully saturated rings. The van der Waals surface area contributed by atoms with Gasteiger partial charge in [0.25, 0.3) is 0 Å². The predicted molar refractivity (Wildman–Crippen MR) is 54.0 cm³/mol. The van der Waals surface area contributed by atoms with Crippen molar-refractivity contribution in [2.75, 3.05) is 0 Å². The van der Waals surface area contributed by atoms with Gasteiger partial charge >= 0.3 is 56.5 Å². The SMILES string of the molecule is NCc1ccccc1.[C-]#[O+].[C-]#[O+].[C-]#[O+].[C-]#[O+].[C-]#[O+].[W]. The molecule has 98 valence electrons. The number of hydrogen-bond acceptors (Lipinski definition) is 1. The van der Waals surface area contributed by atoms with Crippen molar-refractivity contribution in [2.24, 2.45) is 5.73 Å². The third-order valence-corrected chi connectivity index (χ3v) is 1.08. The van der Waals surface area contributed by atoms with Crippen LogP contribution < -0.4 is 5.73 Å². The zero-order valence-electron chi connectivity index (χ0n) is 9.62. The van der Waals surface area contributed by atoms with E-state index in [4.69, 9.17) is 29.0 Å². The van der Waals surface area contributed by atoms with Crippen molar-refractivity contribution in [3.8, 4) is 0 Å². The first kappa shape index (κ1) is 36.0. The smallest absolute Gasteiger partial charge is 0 e. The maximum absolute atomic E-state index is 7.50. The van der Waals surface area contributed by atoms with Crippen molar-refractivity contribution in [2.45, 2.75) is 6.54 Å². The van der Waals surface area contributed by atoms with E-state index in [2.05, 4.69) is 33.3 Å². The van der Waals surface area contributed by atoms with Crippen LogP contribution in [0.25, 0.3) is 0 Å². The molecule has 0 saturated carbocycles. The minimum absolute atomic E-state index is 0. The van der Waals surface area contributed by atoms with Crippen LogP contribution in [0.4, 0.5) is 0 Å². The molecule has 1 rings (SSSR count). The average molecular weight is 431 g/mol. The summed E-state index contributed by atoms with van der Waals surface area (Å²) in [6.07, 6.45) is 0. The molecule has 1 aromatic carbocycles. The van der Waals surface area contributed by atoms with Gasteiger partial charge in [-0.1, -0.05) is 30.3 Å². The largest absolute Gasteiger partial charge is 0 e. The Hall–Kier alpha value is -1.43. The molecule has 0 unspecified atom stereocenters. The zero-order chi connectivity index (χ0) is 15.8. The van der Waals surface area contributed by atoms with Crippen LogP contribution in [0.2, 0.25) is 0 Å². The molecule has 0 spiro atoms. The van der Waals surface area contributed by atoms with Gasteiger partial charge in [-0.2, -0.15) is 0 Å². The van der Waals surface area contributed by atoms with Crippen LogP contribution >= 0.6 is 0 Å².